The second kappa shape index (κ2) is 3.50. The van der Waals surface area contributed by atoms with Crippen molar-refractivity contribution in [3.05, 3.63) is 17.0 Å². The molecule has 0 radical (unpaired) electrons. The summed E-state index contributed by atoms with van der Waals surface area (Å²) in [5, 5.41) is 0.567. The SMILES string of the molecule is Cc1c(Cl)ncnc1N1CCCC1. The summed E-state index contributed by atoms with van der Waals surface area (Å²) in [6.07, 6.45) is 4.03. The topological polar surface area (TPSA) is 29.0 Å². The highest BCUT2D eigenvalue weighted by molar-refractivity contribution is 6.30. The molecule has 0 unspecified atom stereocenters. The normalized spacial score (nSPS) is 16.6. The lowest BCUT2D eigenvalue weighted by Crippen LogP contribution is -2.20. The fourth-order valence-corrected chi connectivity index (χ4v) is 1.80. The van der Waals surface area contributed by atoms with Crippen molar-refractivity contribution in [3.8, 4) is 0 Å². The Morgan fingerprint density at radius 3 is 2.69 bits per heavy atom. The minimum Gasteiger partial charge on any atom is -0.356 e. The molecule has 4 heteroatoms. The summed E-state index contributed by atoms with van der Waals surface area (Å²) in [6, 6.07) is 0. The van der Waals surface area contributed by atoms with E-state index in [1.807, 2.05) is 6.92 Å². The smallest absolute Gasteiger partial charge is 0.137 e. The molecular formula is C9H12ClN3. The summed E-state index contributed by atoms with van der Waals surface area (Å²) in [6.45, 7) is 4.15. The van der Waals surface area contributed by atoms with Crippen LogP contribution in [0.4, 0.5) is 5.82 Å². The third-order valence-corrected chi connectivity index (χ3v) is 2.78. The zero-order valence-corrected chi connectivity index (χ0v) is 8.38. The molecule has 1 saturated heterocycles. The molecule has 0 N–H and O–H groups in total. The molecule has 0 aromatic carbocycles. The Kier molecular flexibility index (Phi) is 2.36. The van der Waals surface area contributed by atoms with E-state index in [4.69, 9.17) is 11.6 Å². The van der Waals surface area contributed by atoms with Gasteiger partial charge in [0.05, 0.1) is 0 Å². The summed E-state index contributed by atoms with van der Waals surface area (Å²) in [4.78, 5) is 10.5. The first-order chi connectivity index (χ1) is 6.29. The Morgan fingerprint density at radius 2 is 2.00 bits per heavy atom. The molecule has 1 fully saturated rings. The maximum atomic E-state index is 5.91. The van der Waals surface area contributed by atoms with Crippen LogP contribution in [0.5, 0.6) is 0 Å². The molecule has 2 heterocycles. The highest BCUT2D eigenvalue weighted by Crippen LogP contribution is 2.24. The van der Waals surface area contributed by atoms with Crippen LogP contribution < -0.4 is 4.90 Å². The van der Waals surface area contributed by atoms with Gasteiger partial charge in [0, 0.05) is 18.7 Å². The molecule has 1 aliphatic rings. The van der Waals surface area contributed by atoms with Gasteiger partial charge in [-0.25, -0.2) is 9.97 Å². The van der Waals surface area contributed by atoms with Crippen LogP contribution in [0.1, 0.15) is 18.4 Å². The molecule has 1 aromatic heterocycles. The molecule has 0 atom stereocenters. The zero-order chi connectivity index (χ0) is 9.26. The summed E-state index contributed by atoms with van der Waals surface area (Å²) in [7, 11) is 0. The van der Waals surface area contributed by atoms with Crippen LogP contribution in [-0.4, -0.2) is 23.1 Å². The van der Waals surface area contributed by atoms with Crippen molar-refractivity contribution in [1.29, 1.82) is 0 Å². The monoisotopic (exact) mass is 197 g/mol. The van der Waals surface area contributed by atoms with Gasteiger partial charge < -0.3 is 4.90 Å². The van der Waals surface area contributed by atoms with Crippen molar-refractivity contribution >= 4 is 17.4 Å². The van der Waals surface area contributed by atoms with E-state index >= 15 is 0 Å². The second-order valence-electron chi connectivity index (χ2n) is 3.31. The van der Waals surface area contributed by atoms with Crippen molar-refractivity contribution in [2.75, 3.05) is 18.0 Å². The van der Waals surface area contributed by atoms with Crippen molar-refractivity contribution in [3.63, 3.8) is 0 Å². The predicted molar refractivity (Wildman–Crippen MR) is 53.2 cm³/mol. The third-order valence-electron chi connectivity index (χ3n) is 2.40. The number of hydrogen-bond donors (Lipinski definition) is 0. The molecule has 0 spiro atoms. The van der Waals surface area contributed by atoms with Crippen LogP contribution in [0.25, 0.3) is 0 Å². The lowest BCUT2D eigenvalue weighted by molar-refractivity contribution is 0.916. The van der Waals surface area contributed by atoms with E-state index < -0.39 is 0 Å². The van der Waals surface area contributed by atoms with Gasteiger partial charge in [-0.1, -0.05) is 11.6 Å². The second-order valence-corrected chi connectivity index (χ2v) is 3.67. The van der Waals surface area contributed by atoms with E-state index in [0.717, 1.165) is 24.5 Å². The average molecular weight is 198 g/mol. The van der Waals surface area contributed by atoms with E-state index in [-0.39, 0.29) is 0 Å². The number of aromatic nitrogens is 2. The molecule has 1 aliphatic heterocycles. The molecule has 0 aliphatic carbocycles. The summed E-state index contributed by atoms with van der Waals surface area (Å²) >= 11 is 5.91. The first-order valence-corrected chi connectivity index (χ1v) is 4.89. The number of nitrogens with zero attached hydrogens (tertiary/aromatic N) is 3. The minimum atomic E-state index is 0.567. The lowest BCUT2D eigenvalue weighted by Gasteiger charge is -2.18. The van der Waals surface area contributed by atoms with Gasteiger partial charge in [0.1, 0.15) is 17.3 Å². The number of hydrogen-bond acceptors (Lipinski definition) is 3. The van der Waals surface area contributed by atoms with Crippen LogP contribution in [0.3, 0.4) is 0 Å². The number of anilines is 1. The summed E-state index contributed by atoms with van der Waals surface area (Å²) in [5.41, 5.74) is 0.992. The van der Waals surface area contributed by atoms with Gasteiger partial charge in [-0.15, -0.1) is 0 Å². The Hall–Kier alpha value is -0.830. The maximum absolute atomic E-state index is 5.91. The van der Waals surface area contributed by atoms with Gasteiger partial charge in [-0.2, -0.15) is 0 Å². The summed E-state index contributed by atoms with van der Waals surface area (Å²) in [5.74, 6) is 0.998. The van der Waals surface area contributed by atoms with Crippen LogP contribution in [0.2, 0.25) is 5.15 Å². The van der Waals surface area contributed by atoms with Crippen LogP contribution in [0.15, 0.2) is 6.33 Å². The first-order valence-electron chi connectivity index (χ1n) is 4.51. The van der Waals surface area contributed by atoms with Crippen molar-refractivity contribution < 1.29 is 0 Å². The summed E-state index contributed by atoms with van der Waals surface area (Å²) < 4.78 is 0. The van der Waals surface area contributed by atoms with Crippen LogP contribution in [-0.2, 0) is 0 Å². The molecule has 2 rings (SSSR count). The van der Waals surface area contributed by atoms with Crippen LogP contribution in [0, 0.1) is 6.92 Å². The predicted octanol–water partition coefficient (Wildman–Crippen LogP) is 2.04. The fraction of sp³-hybridized carbons (Fsp3) is 0.556. The Labute approximate surface area is 82.8 Å². The molecule has 70 valence electrons. The van der Waals surface area contributed by atoms with Gasteiger partial charge in [-0.05, 0) is 19.8 Å². The quantitative estimate of drug-likeness (QED) is 0.646. The zero-order valence-electron chi connectivity index (χ0n) is 7.63. The van der Waals surface area contributed by atoms with Gasteiger partial charge in [0.2, 0.25) is 0 Å². The highest BCUT2D eigenvalue weighted by atomic mass is 35.5. The van der Waals surface area contributed by atoms with Gasteiger partial charge in [0.25, 0.3) is 0 Å². The van der Waals surface area contributed by atoms with Gasteiger partial charge in [0.15, 0.2) is 0 Å². The van der Waals surface area contributed by atoms with E-state index in [9.17, 15) is 0 Å². The molecular weight excluding hydrogens is 186 g/mol. The maximum Gasteiger partial charge on any atom is 0.137 e. The minimum absolute atomic E-state index is 0.567. The lowest BCUT2D eigenvalue weighted by atomic mass is 10.3. The molecule has 0 amide bonds. The van der Waals surface area contributed by atoms with Crippen molar-refractivity contribution in [2.24, 2.45) is 0 Å². The highest BCUT2D eigenvalue weighted by Gasteiger charge is 2.16. The molecule has 13 heavy (non-hydrogen) atoms. The van der Waals surface area contributed by atoms with E-state index in [1.165, 1.54) is 19.2 Å². The number of rotatable bonds is 1. The Bertz CT molecular complexity index is 308. The molecule has 0 saturated carbocycles. The Morgan fingerprint density at radius 1 is 1.31 bits per heavy atom. The molecule has 3 nitrogen and oxygen atoms in total. The molecule has 0 bridgehead atoms. The van der Waals surface area contributed by atoms with E-state index in [2.05, 4.69) is 14.9 Å². The van der Waals surface area contributed by atoms with Crippen molar-refractivity contribution in [2.45, 2.75) is 19.8 Å². The number of halogens is 1. The largest absolute Gasteiger partial charge is 0.356 e. The van der Waals surface area contributed by atoms with E-state index in [0.29, 0.717) is 5.15 Å². The first kappa shape index (κ1) is 8.75. The van der Waals surface area contributed by atoms with E-state index in [1.54, 1.807) is 0 Å². The van der Waals surface area contributed by atoms with Crippen molar-refractivity contribution in [1.82, 2.24) is 9.97 Å². The fourth-order valence-electron chi connectivity index (χ4n) is 1.67. The Balaban J connectivity index is 2.33. The molecule has 1 aromatic rings. The standard InChI is InChI=1S/C9H12ClN3/c1-7-8(10)11-6-12-9(7)13-4-2-3-5-13/h6H,2-5H2,1H3. The average Bonchev–Trinajstić information content (AvgIpc) is 2.62. The van der Waals surface area contributed by atoms with Crippen LogP contribution >= 0.6 is 11.6 Å². The van der Waals surface area contributed by atoms with Gasteiger partial charge in [-0.3, -0.25) is 0 Å². The van der Waals surface area contributed by atoms with Gasteiger partial charge >= 0.3 is 0 Å². The third kappa shape index (κ3) is 1.61.